The third kappa shape index (κ3) is 4.80. The predicted molar refractivity (Wildman–Crippen MR) is 92.6 cm³/mol. The molecule has 0 spiro atoms. The Bertz CT molecular complexity index is 638. The topological polar surface area (TPSA) is 12.5 Å². The van der Waals surface area contributed by atoms with Crippen molar-refractivity contribution < 1.29 is 4.74 Å². The number of hydrogen-bond acceptors (Lipinski definition) is 2. The van der Waals surface area contributed by atoms with Crippen molar-refractivity contribution in [1.82, 2.24) is 4.90 Å². The summed E-state index contributed by atoms with van der Waals surface area (Å²) in [5.74, 6) is 3.52. The van der Waals surface area contributed by atoms with Crippen molar-refractivity contribution in [2.45, 2.75) is 6.61 Å². The Morgan fingerprint density at radius 3 is 2.45 bits per heavy atom. The van der Waals surface area contributed by atoms with E-state index in [9.17, 15) is 0 Å². The maximum absolute atomic E-state index is 5.74. The van der Waals surface area contributed by atoms with Crippen molar-refractivity contribution in [3.05, 3.63) is 72.3 Å². The second-order valence-corrected chi connectivity index (χ2v) is 5.28. The molecule has 0 heterocycles. The molecule has 0 aliphatic rings. The number of nitrogens with zero attached hydrogens (tertiary/aromatic N) is 1. The number of rotatable bonds is 7. The van der Waals surface area contributed by atoms with Crippen molar-refractivity contribution in [1.29, 1.82) is 0 Å². The Labute approximate surface area is 133 Å². The van der Waals surface area contributed by atoms with Crippen LogP contribution in [0.3, 0.4) is 0 Å². The largest absolute Gasteiger partial charge is 0.489 e. The van der Waals surface area contributed by atoms with Crippen LogP contribution in [0.2, 0.25) is 0 Å². The van der Waals surface area contributed by atoms with Gasteiger partial charge in [0.25, 0.3) is 0 Å². The summed E-state index contributed by atoms with van der Waals surface area (Å²) in [6.45, 7) is 6.09. The van der Waals surface area contributed by atoms with Crippen LogP contribution in [0.15, 0.2) is 61.2 Å². The molecule has 22 heavy (non-hydrogen) atoms. The van der Waals surface area contributed by atoms with Crippen molar-refractivity contribution in [3.63, 3.8) is 0 Å². The molecule has 2 rings (SSSR count). The molecular weight excluding hydrogens is 270 g/mol. The minimum atomic E-state index is 0.563. The number of hydrogen-bond donors (Lipinski definition) is 0. The van der Waals surface area contributed by atoms with Crippen LogP contribution >= 0.6 is 0 Å². The number of ether oxygens (including phenoxy) is 1. The predicted octanol–water partition coefficient (Wildman–Crippen LogP) is 3.84. The molecule has 0 aromatic heterocycles. The van der Waals surface area contributed by atoms with Crippen molar-refractivity contribution in [3.8, 4) is 18.1 Å². The fourth-order valence-corrected chi connectivity index (χ4v) is 2.15. The second kappa shape index (κ2) is 8.07. The van der Waals surface area contributed by atoms with E-state index in [2.05, 4.69) is 41.7 Å². The lowest BCUT2D eigenvalue weighted by molar-refractivity contribution is 0.306. The van der Waals surface area contributed by atoms with Gasteiger partial charge >= 0.3 is 0 Å². The van der Waals surface area contributed by atoms with Crippen molar-refractivity contribution in [2.75, 3.05) is 20.1 Å². The molecular formula is C20H21NO. The van der Waals surface area contributed by atoms with Crippen molar-refractivity contribution >= 4 is 5.57 Å². The molecule has 0 radical (unpaired) electrons. The summed E-state index contributed by atoms with van der Waals surface area (Å²) in [6.07, 6.45) is 5.31. The van der Waals surface area contributed by atoms with E-state index in [4.69, 9.17) is 11.2 Å². The standard InChI is InChI=1S/C20H21NO/c1-4-14-21(3)15-17(2)19-12-10-18(11-13-19)16-22-20-8-6-5-7-9-20/h1,5-13H,2,14-16H2,3H3. The van der Waals surface area contributed by atoms with Crippen LogP contribution in [0.5, 0.6) is 5.75 Å². The summed E-state index contributed by atoms with van der Waals surface area (Å²) < 4.78 is 5.74. The third-order valence-electron chi connectivity index (χ3n) is 3.33. The van der Waals surface area contributed by atoms with Crippen LogP contribution < -0.4 is 4.74 Å². The first-order valence-corrected chi connectivity index (χ1v) is 7.26. The molecule has 0 amide bonds. The molecule has 0 aliphatic heterocycles. The second-order valence-electron chi connectivity index (χ2n) is 5.28. The van der Waals surface area contributed by atoms with Crippen LogP contribution in [0.1, 0.15) is 11.1 Å². The molecule has 0 saturated heterocycles. The van der Waals surface area contributed by atoms with Gasteiger partial charge in [-0.25, -0.2) is 0 Å². The Kier molecular flexibility index (Phi) is 5.82. The van der Waals surface area contributed by atoms with E-state index in [0.717, 1.165) is 29.0 Å². The Morgan fingerprint density at radius 2 is 1.82 bits per heavy atom. The van der Waals surface area contributed by atoms with Crippen LogP contribution in [-0.4, -0.2) is 25.0 Å². The summed E-state index contributed by atoms with van der Waals surface area (Å²) >= 11 is 0. The molecule has 0 bridgehead atoms. The minimum Gasteiger partial charge on any atom is -0.489 e. The average Bonchev–Trinajstić information content (AvgIpc) is 2.54. The quantitative estimate of drug-likeness (QED) is 0.719. The van der Waals surface area contributed by atoms with E-state index >= 15 is 0 Å². The van der Waals surface area contributed by atoms with Gasteiger partial charge in [-0.1, -0.05) is 55.0 Å². The van der Waals surface area contributed by atoms with Crippen molar-refractivity contribution in [2.24, 2.45) is 0 Å². The van der Waals surface area contributed by atoms with Gasteiger partial charge in [0.05, 0.1) is 6.54 Å². The highest BCUT2D eigenvalue weighted by molar-refractivity contribution is 5.64. The molecule has 2 nitrogen and oxygen atoms in total. The summed E-state index contributed by atoms with van der Waals surface area (Å²) in [5, 5.41) is 0. The van der Waals surface area contributed by atoms with E-state index in [-0.39, 0.29) is 0 Å². The lowest BCUT2D eigenvalue weighted by atomic mass is 10.1. The van der Waals surface area contributed by atoms with Crippen LogP contribution in [0.25, 0.3) is 5.57 Å². The Hall–Kier alpha value is -2.50. The first-order chi connectivity index (χ1) is 10.7. The van der Waals surface area contributed by atoms with Gasteiger partial charge in [-0.05, 0) is 35.9 Å². The third-order valence-corrected chi connectivity index (χ3v) is 3.33. The number of benzene rings is 2. The molecule has 112 valence electrons. The average molecular weight is 291 g/mol. The summed E-state index contributed by atoms with van der Waals surface area (Å²) in [5.41, 5.74) is 3.33. The fourth-order valence-electron chi connectivity index (χ4n) is 2.15. The first kappa shape index (κ1) is 15.9. The molecule has 0 atom stereocenters. The molecule has 0 aliphatic carbocycles. The van der Waals surface area contributed by atoms with Gasteiger partial charge in [0.1, 0.15) is 12.4 Å². The zero-order chi connectivity index (χ0) is 15.8. The van der Waals surface area contributed by atoms with Gasteiger partial charge in [-0.3, -0.25) is 4.90 Å². The minimum absolute atomic E-state index is 0.563. The number of terminal acetylenes is 1. The Morgan fingerprint density at radius 1 is 1.14 bits per heavy atom. The van der Waals surface area contributed by atoms with Gasteiger partial charge in [0.2, 0.25) is 0 Å². The maximum Gasteiger partial charge on any atom is 0.119 e. The molecule has 2 heteroatoms. The van der Waals surface area contributed by atoms with E-state index in [1.165, 1.54) is 0 Å². The molecule has 2 aromatic rings. The Balaban J connectivity index is 1.90. The zero-order valence-electron chi connectivity index (χ0n) is 13.0. The lowest BCUT2D eigenvalue weighted by Crippen LogP contribution is -2.20. The summed E-state index contributed by atoms with van der Waals surface area (Å²) in [6, 6.07) is 18.1. The first-order valence-electron chi connectivity index (χ1n) is 7.26. The zero-order valence-corrected chi connectivity index (χ0v) is 13.0. The number of likely N-dealkylation sites (N-methyl/N-ethyl adjacent to an activating group) is 1. The van der Waals surface area contributed by atoms with Gasteiger partial charge in [0.15, 0.2) is 0 Å². The molecule has 0 fully saturated rings. The fraction of sp³-hybridized carbons (Fsp3) is 0.200. The monoisotopic (exact) mass is 291 g/mol. The normalized spacial score (nSPS) is 10.2. The summed E-state index contributed by atoms with van der Waals surface area (Å²) in [4.78, 5) is 2.06. The number of para-hydroxylation sites is 1. The van der Waals surface area contributed by atoms with E-state index < -0.39 is 0 Å². The van der Waals surface area contributed by atoms with E-state index in [1.807, 2.05) is 37.4 Å². The van der Waals surface area contributed by atoms with Gasteiger partial charge in [-0.15, -0.1) is 6.42 Å². The van der Waals surface area contributed by atoms with Gasteiger partial charge < -0.3 is 4.74 Å². The van der Waals surface area contributed by atoms with Gasteiger partial charge in [-0.2, -0.15) is 0 Å². The van der Waals surface area contributed by atoms with E-state index in [0.29, 0.717) is 13.2 Å². The highest BCUT2D eigenvalue weighted by atomic mass is 16.5. The molecule has 0 saturated carbocycles. The maximum atomic E-state index is 5.74. The lowest BCUT2D eigenvalue weighted by Gasteiger charge is -2.15. The highest BCUT2D eigenvalue weighted by Crippen LogP contribution is 2.16. The highest BCUT2D eigenvalue weighted by Gasteiger charge is 2.03. The molecule has 0 N–H and O–H groups in total. The molecule has 2 aromatic carbocycles. The van der Waals surface area contributed by atoms with Crippen LogP contribution in [-0.2, 0) is 6.61 Å². The van der Waals surface area contributed by atoms with Crippen LogP contribution in [0.4, 0.5) is 0 Å². The molecule has 0 unspecified atom stereocenters. The smallest absolute Gasteiger partial charge is 0.119 e. The van der Waals surface area contributed by atoms with Crippen LogP contribution in [0, 0.1) is 12.3 Å². The van der Waals surface area contributed by atoms with E-state index in [1.54, 1.807) is 0 Å². The SMILES string of the molecule is C#CCN(C)CC(=C)c1ccc(COc2ccccc2)cc1. The van der Waals surface area contributed by atoms with Gasteiger partial charge in [0, 0.05) is 6.54 Å². The summed E-state index contributed by atoms with van der Waals surface area (Å²) in [7, 11) is 1.99.